The third-order valence-electron chi connectivity index (χ3n) is 2.72. The molecule has 1 aliphatic heterocycles. The van der Waals surface area contributed by atoms with Crippen molar-refractivity contribution < 1.29 is 9.53 Å². The van der Waals surface area contributed by atoms with Crippen molar-refractivity contribution in [2.45, 2.75) is 6.42 Å². The number of nitrogens with two attached hydrogens (primary N) is 1. The van der Waals surface area contributed by atoms with Crippen LogP contribution in [-0.2, 0) is 9.53 Å². The van der Waals surface area contributed by atoms with Crippen LogP contribution >= 0.6 is 0 Å². The first kappa shape index (κ1) is 9.77. The van der Waals surface area contributed by atoms with Gasteiger partial charge < -0.3 is 10.5 Å². The van der Waals surface area contributed by atoms with E-state index in [9.17, 15) is 4.79 Å². The summed E-state index contributed by atoms with van der Waals surface area (Å²) in [7, 11) is 0. The Balaban J connectivity index is 2.39. The predicted molar refractivity (Wildman–Crippen MR) is 57.7 cm³/mol. The number of amides is 1. The Labute approximate surface area is 88.6 Å². The van der Waals surface area contributed by atoms with Gasteiger partial charge in [0.1, 0.15) is 6.61 Å². The van der Waals surface area contributed by atoms with Crippen LogP contribution in [0.2, 0.25) is 0 Å². The average molecular weight is 203 g/mol. The molecular weight excluding hydrogens is 190 g/mol. The van der Waals surface area contributed by atoms with Crippen LogP contribution < -0.4 is 5.73 Å². The molecule has 0 saturated carbocycles. The highest BCUT2D eigenvalue weighted by Gasteiger charge is 2.37. The third-order valence-corrected chi connectivity index (χ3v) is 2.72. The second-order valence-electron chi connectivity index (χ2n) is 3.64. The van der Waals surface area contributed by atoms with Gasteiger partial charge >= 0.3 is 0 Å². The molecule has 3 nitrogen and oxygen atoms in total. The second-order valence-corrected chi connectivity index (χ2v) is 3.64. The van der Waals surface area contributed by atoms with Crippen LogP contribution in [0.15, 0.2) is 48.3 Å². The fraction of sp³-hybridized carbons (Fsp3) is 0.250. The molecule has 0 aromatic rings. The summed E-state index contributed by atoms with van der Waals surface area (Å²) < 4.78 is 5.20. The SMILES string of the molecule is NC(=O)C1(C2=COCC=C2)C=CC=CC1. The smallest absolute Gasteiger partial charge is 0.232 e. The van der Waals surface area contributed by atoms with Crippen molar-refractivity contribution in [1.29, 1.82) is 0 Å². The first-order valence-electron chi connectivity index (χ1n) is 4.89. The summed E-state index contributed by atoms with van der Waals surface area (Å²) in [5, 5.41) is 0. The maximum absolute atomic E-state index is 11.6. The van der Waals surface area contributed by atoms with E-state index in [1.807, 2.05) is 36.5 Å². The van der Waals surface area contributed by atoms with E-state index < -0.39 is 5.41 Å². The van der Waals surface area contributed by atoms with Crippen molar-refractivity contribution in [3.63, 3.8) is 0 Å². The average Bonchev–Trinajstić information content (AvgIpc) is 2.31. The molecule has 0 aromatic heterocycles. The van der Waals surface area contributed by atoms with Crippen molar-refractivity contribution in [3.8, 4) is 0 Å². The van der Waals surface area contributed by atoms with Crippen LogP contribution in [0.1, 0.15) is 6.42 Å². The summed E-state index contributed by atoms with van der Waals surface area (Å²) in [5.74, 6) is -0.343. The molecule has 0 fully saturated rings. The van der Waals surface area contributed by atoms with Gasteiger partial charge in [0.05, 0.1) is 11.7 Å². The van der Waals surface area contributed by atoms with Gasteiger partial charge in [-0.2, -0.15) is 0 Å². The van der Waals surface area contributed by atoms with Crippen LogP contribution in [-0.4, -0.2) is 12.5 Å². The summed E-state index contributed by atoms with van der Waals surface area (Å²) in [4.78, 5) is 11.6. The van der Waals surface area contributed by atoms with Gasteiger partial charge in [0.2, 0.25) is 5.91 Å². The highest BCUT2D eigenvalue weighted by Crippen LogP contribution is 2.37. The maximum Gasteiger partial charge on any atom is 0.232 e. The molecule has 78 valence electrons. The van der Waals surface area contributed by atoms with E-state index in [1.165, 1.54) is 0 Å². The maximum atomic E-state index is 11.6. The van der Waals surface area contributed by atoms with Crippen molar-refractivity contribution in [1.82, 2.24) is 0 Å². The van der Waals surface area contributed by atoms with Gasteiger partial charge in [-0.15, -0.1) is 0 Å². The van der Waals surface area contributed by atoms with Gasteiger partial charge in [0, 0.05) is 5.57 Å². The highest BCUT2D eigenvalue weighted by molar-refractivity contribution is 5.88. The van der Waals surface area contributed by atoms with E-state index in [1.54, 1.807) is 6.26 Å². The van der Waals surface area contributed by atoms with E-state index in [0.717, 1.165) is 5.57 Å². The number of hydrogen-bond donors (Lipinski definition) is 1. The van der Waals surface area contributed by atoms with Crippen LogP contribution in [0.4, 0.5) is 0 Å². The number of carbonyl (C=O) groups excluding carboxylic acids is 1. The Hall–Kier alpha value is -1.77. The number of allylic oxidation sites excluding steroid dienone is 4. The van der Waals surface area contributed by atoms with Crippen molar-refractivity contribution >= 4 is 5.91 Å². The molecule has 0 saturated heterocycles. The molecule has 2 rings (SSSR count). The first-order valence-corrected chi connectivity index (χ1v) is 4.89. The lowest BCUT2D eigenvalue weighted by molar-refractivity contribution is -0.123. The van der Waals surface area contributed by atoms with E-state index in [2.05, 4.69) is 0 Å². The number of primary amides is 1. The fourth-order valence-electron chi connectivity index (χ4n) is 1.82. The molecule has 1 heterocycles. The molecular formula is C12H13NO2. The van der Waals surface area contributed by atoms with Gasteiger partial charge in [-0.3, -0.25) is 4.79 Å². The summed E-state index contributed by atoms with van der Waals surface area (Å²) in [5.41, 5.74) is 5.57. The number of rotatable bonds is 2. The molecule has 0 bridgehead atoms. The van der Waals surface area contributed by atoms with E-state index in [-0.39, 0.29) is 5.91 Å². The summed E-state index contributed by atoms with van der Waals surface area (Å²) >= 11 is 0. The van der Waals surface area contributed by atoms with Gasteiger partial charge in [0.25, 0.3) is 0 Å². The minimum absolute atomic E-state index is 0.343. The normalized spacial score (nSPS) is 28.4. The monoisotopic (exact) mass is 203 g/mol. The molecule has 0 spiro atoms. The van der Waals surface area contributed by atoms with Crippen LogP contribution in [0.3, 0.4) is 0 Å². The number of ether oxygens (including phenoxy) is 1. The van der Waals surface area contributed by atoms with Gasteiger partial charge in [-0.05, 0) is 12.5 Å². The molecule has 1 unspecified atom stereocenters. The van der Waals surface area contributed by atoms with Crippen molar-refractivity contribution in [3.05, 3.63) is 48.3 Å². The lowest BCUT2D eigenvalue weighted by Crippen LogP contribution is -2.37. The Kier molecular flexibility index (Phi) is 2.46. The lowest BCUT2D eigenvalue weighted by atomic mass is 9.74. The molecule has 1 aliphatic carbocycles. The summed E-state index contributed by atoms with van der Waals surface area (Å²) in [6, 6.07) is 0. The fourth-order valence-corrected chi connectivity index (χ4v) is 1.82. The summed E-state index contributed by atoms with van der Waals surface area (Å²) in [6.45, 7) is 0.553. The second kappa shape index (κ2) is 3.77. The van der Waals surface area contributed by atoms with Gasteiger partial charge in [-0.1, -0.05) is 30.4 Å². The Morgan fingerprint density at radius 2 is 2.27 bits per heavy atom. The van der Waals surface area contributed by atoms with E-state index in [4.69, 9.17) is 10.5 Å². The zero-order valence-electron chi connectivity index (χ0n) is 8.35. The van der Waals surface area contributed by atoms with Crippen LogP contribution in [0, 0.1) is 5.41 Å². The Morgan fingerprint density at radius 1 is 1.40 bits per heavy atom. The standard InChI is InChI=1S/C12H13NO2/c13-11(14)12(6-2-1-3-7-12)10-5-4-8-15-9-10/h1-6,9H,7-8H2,(H2,13,14). The summed E-state index contributed by atoms with van der Waals surface area (Å²) in [6.07, 6.45) is 13.5. The zero-order chi connectivity index (χ0) is 10.7. The van der Waals surface area contributed by atoms with Crippen LogP contribution in [0.5, 0.6) is 0 Å². The van der Waals surface area contributed by atoms with Gasteiger partial charge in [0.15, 0.2) is 0 Å². The van der Waals surface area contributed by atoms with Gasteiger partial charge in [-0.25, -0.2) is 0 Å². The predicted octanol–water partition coefficient (Wildman–Crippen LogP) is 1.44. The number of hydrogen-bond acceptors (Lipinski definition) is 2. The molecule has 0 aromatic carbocycles. The Bertz CT molecular complexity index is 390. The minimum atomic E-state index is -0.730. The third kappa shape index (κ3) is 1.61. The molecule has 2 aliphatic rings. The molecule has 3 heteroatoms. The van der Waals surface area contributed by atoms with Crippen molar-refractivity contribution in [2.75, 3.05) is 6.61 Å². The highest BCUT2D eigenvalue weighted by atomic mass is 16.5. The molecule has 1 amide bonds. The Morgan fingerprint density at radius 3 is 2.80 bits per heavy atom. The lowest BCUT2D eigenvalue weighted by Gasteiger charge is -2.29. The van der Waals surface area contributed by atoms with Crippen molar-refractivity contribution in [2.24, 2.45) is 11.1 Å². The number of carbonyl (C=O) groups is 1. The quantitative estimate of drug-likeness (QED) is 0.738. The largest absolute Gasteiger partial charge is 0.497 e. The molecule has 0 radical (unpaired) electrons. The molecule has 15 heavy (non-hydrogen) atoms. The first-order chi connectivity index (χ1) is 7.26. The zero-order valence-corrected chi connectivity index (χ0v) is 8.35. The molecule has 2 N–H and O–H groups in total. The van der Waals surface area contributed by atoms with Crippen LogP contribution in [0.25, 0.3) is 0 Å². The topological polar surface area (TPSA) is 52.3 Å². The van der Waals surface area contributed by atoms with E-state index in [0.29, 0.717) is 13.0 Å². The molecule has 1 atom stereocenters. The minimum Gasteiger partial charge on any atom is -0.497 e. The van der Waals surface area contributed by atoms with E-state index >= 15 is 0 Å².